The Morgan fingerprint density at radius 3 is 2.89 bits per heavy atom. The number of aryl methyl sites for hydroxylation is 1. The average molecular weight is 267 g/mol. The molecule has 0 aliphatic carbocycles. The van der Waals surface area contributed by atoms with E-state index < -0.39 is 11.5 Å². The van der Waals surface area contributed by atoms with Crippen LogP contribution >= 0.6 is 11.8 Å². The van der Waals surface area contributed by atoms with Crippen molar-refractivity contribution in [2.75, 3.05) is 12.9 Å². The van der Waals surface area contributed by atoms with Crippen LogP contribution in [0.25, 0.3) is 0 Å². The summed E-state index contributed by atoms with van der Waals surface area (Å²) in [4.78, 5) is 12.4. The van der Waals surface area contributed by atoms with Crippen LogP contribution in [-0.4, -0.2) is 29.5 Å². The summed E-state index contributed by atoms with van der Waals surface area (Å²) in [7, 11) is 1.62. The molecule has 1 unspecified atom stereocenters. The number of ether oxygens (including phenoxy) is 1. The Morgan fingerprint density at radius 1 is 1.56 bits per heavy atom. The van der Waals surface area contributed by atoms with Gasteiger partial charge in [0.05, 0.1) is 7.11 Å². The minimum atomic E-state index is -1.17. The lowest BCUT2D eigenvalue weighted by Crippen LogP contribution is -2.50. The second-order valence-corrected chi connectivity index (χ2v) is 5.80. The van der Waals surface area contributed by atoms with Crippen molar-refractivity contribution < 1.29 is 14.6 Å². The topological polar surface area (TPSA) is 72.5 Å². The smallest absolute Gasteiger partial charge is 0.324 e. The van der Waals surface area contributed by atoms with Crippen molar-refractivity contribution in [3.05, 3.63) is 23.3 Å². The molecule has 0 saturated carbocycles. The molecule has 0 spiro atoms. The highest BCUT2D eigenvalue weighted by Crippen LogP contribution is 2.36. The Hall–Kier alpha value is -1.20. The maximum atomic E-state index is 11.3. The first-order chi connectivity index (χ1) is 8.46. The van der Waals surface area contributed by atoms with Gasteiger partial charge in [-0.1, -0.05) is 0 Å². The monoisotopic (exact) mass is 267 g/mol. The quantitative estimate of drug-likeness (QED) is 0.855. The second-order valence-electron chi connectivity index (χ2n) is 4.67. The molecule has 0 fully saturated rings. The van der Waals surface area contributed by atoms with Crippen molar-refractivity contribution in [1.82, 2.24) is 0 Å². The largest absolute Gasteiger partial charge is 0.496 e. The van der Waals surface area contributed by atoms with Crippen LogP contribution in [0.3, 0.4) is 0 Å². The highest BCUT2D eigenvalue weighted by molar-refractivity contribution is 7.99. The van der Waals surface area contributed by atoms with Crippen molar-refractivity contribution in [3.8, 4) is 5.75 Å². The number of carboxylic acid groups (broad SMARTS) is 1. The highest BCUT2D eigenvalue weighted by Gasteiger charge is 2.36. The summed E-state index contributed by atoms with van der Waals surface area (Å²) in [5.41, 5.74) is 6.85. The Morgan fingerprint density at radius 2 is 2.28 bits per heavy atom. The molecule has 98 valence electrons. The number of carbonyl (C=O) groups is 1. The van der Waals surface area contributed by atoms with Crippen molar-refractivity contribution >= 4 is 17.7 Å². The number of methoxy groups -OCH3 is 1. The standard InChI is InChI=1S/C13H17NO3S/c1-8-5-11-9(6-10(8)17-2)7-13(14,12(15)16)3-4-18-11/h5-6H,3-4,7,14H2,1-2H3,(H,15,16). The summed E-state index contributed by atoms with van der Waals surface area (Å²) in [5.74, 6) is 0.571. The van der Waals surface area contributed by atoms with E-state index in [1.54, 1.807) is 18.9 Å². The maximum Gasteiger partial charge on any atom is 0.324 e. The fraction of sp³-hybridized carbons (Fsp3) is 0.462. The number of carboxylic acids is 1. The van der Waals surface area contributed by atoms with Gasteiger partial charge >= 0.3 is 5.97 Å². The zero-order valence-electron chi connectivity index (χ0n) is 10.5. The molecule has 0 amide bonds. The summed E-state index contributed by atoms with van der Waals surface area (Å²) in [6.45, 7) is 1.98. The summed E-state index contributed by atoms with van der Waals surface area (Å²) < 4.78 is 5.28. The summed E-state index contributed by atoms with van der Waals surface area (Å²) in [6, 6.07) is 3.96. The maximum absolute atomic E-state index is 11.3. The lowest BCUT2D eigenvalue weighted by molar-refractivity contribution is -0.143. The van der Waals surface area contributed by atoms with Gasteiger partial charge in [-0.05, 0) is 36.6 Å². The van der Waals surface area contributed by atoms with E-state index in [2.05, 4.69) is 0 Å². The van der Waals surface area contributed by atoms with Gasteiger partial charge in [0.2, 0.25) is 0 Å². The number of nitrogens with two attached hydrogens (primary N) is 1. The zero-order chi connectivity index (χ0) is 13.3. The van der Waals surface area contributed by atoms with Crippen LogP contribution in [0.2, 0.25) is 0 Å². The molecule has 2 rings (SSSR count). The third-order valence-corrected chi connectivity index (χ3v) is 4.41. The van der Waals surface area contributed by atoms with Crippen LogP contribution in [0.5, 0.6) is 5.75 Å². The van der Waals surface area contributed by atoms with Gasteiger partial charge in [-0.15, -0.1) is 11.8 Å². The predicted octanol–water partition coefficient (Wildman–Crippen LogP) is 1.82. The molecule has 1 aromatic carbocycles. The molecule has 3 N–H and O–H groups in total. The molecule has 0 saturated heterocycles. The minimum Gasteiger partial charge on any atom is -0.496 e. The molecule has 1 heterocycles. The summed E-state index contributed by atoms with van der Waals surface area (Å²) >= 11 is 1.66. The van der Waals surface area contributed by atoms with Crippen LogP contribution in [0.4, 0.5) is 0 Å². The molecule has 4 nitrogen and oxygen atoms in total. The minimum absolute atomic E-state index is 0.349. The Balaban J connectivity index is 2.44. The van der Waals surface area contributed by atoms with Gasteiger partial charge in [0.25, 0.3) is 0 Å². The third kappa shape index (κ3) is 2.33. The molecule has 0 aromatic heterocycles. The number of hydrogen-bond donors (Lipinski definition) is 2. The van der Waals surface area contributed by atoms with Crippen LogP contribution in [0, 0.1) is 6.92 Å². The highest BCUT2D eigenvalue weighted by atomic mass is 32.2. The van der Waals surface area contributed by atoms with E-state index >= 15 is 0 Å². The Bertz CT molecular complexity index is 489. The van der Waals surface area contributed by atoms with Crippen molar-refractivity contribution in [2.45, 2.75) is 30.2 Å². The number of benzene rings is 1. The third-order valence-electron chi connectivity index (χ3n) is 3.32. The molecule has 5 heteroatoms. The molecule has 0 bridgehead atoms. The number of thioether (sulfide) groups is 1. The number of aliphatic carboxylic acids is 1. The van der Waals surface area contributed by atoms with Gasteiger partial charge in [-0.25, -0.2) is 0 Å². The fourth-order valence-electron chi connectivity index (χ4n) is 2.15. The van der Waals surface area contributed by atoms with Gasteiger partial charge in [-0.2, -0.15) is 0 Å². The molecule has 1 aliphatic heterocycles. The van der Waals surface area contributed by atoms with Crippen molar-refractivity contribution in [2.24, 2.45) is 5.73 Å². The van der Waals surface area contributed by atoms with Gasteiger partial charge in [0.1, 0.15) is 11.3 Å². The average Bonchev–Trinajstić information content (AvgIpc) is 2.47. The summed E-state index contributed by atoms with van der Waals surface area (Å²) in [5, 5.41) is 9.26. The molecular formula is C13H17NO3S. The predicted molar refractivity (Wildman–Crippen MR) is 71.3 cm³/mol. The zero-order valence-corrected chi connectivity index (χ0v) is 11.3. The first-order valence-electron chi connectivity index (χ1n) is 5.79. The van der Waals surface area contributed by atoms with Gasteiger partial charge in [0, 0.05) is 17.1 Å². The van der Waals surface area contributed by atoms with E-state index in [1.165, 1.54) is 0 Å². The Labute approximate surface area is 111 Å². The normalized spacial score (nSPS) is 23.1. The van der Waals surface area contributed by atoms with Crippen LogP contribution in [0.1, 0.15) is 17.5 Å². The molecule has 18 heavy (non-hydrogen) atoms. The van der Waals surface area contributed by atoms with Crippen molar-refractivity contribution in [3.63, 3.8) is 0 Å². The molecule has 0 radical (unpaired) electrons. The molecule has 1 aliphatic rings. The number of fused-ring (bicyclic) bond motifs is 1. The Kier molecular flexibility index (Phi) is 3.54. The fourth-order valence-corrected chi connectivity index (χ4v) is 3.41. The van der Waals surface area contributed by atoms with E-state index in [-0.39, 0.29) is 0 Å². The lowest BCUT2D eigenvalue weighted by atomic mass is 9.89. The molecular weight excluding hydrogens is 250 g/mol. The molecule has 1 aromatic rings. The number of hydrogen-bond acceptors (Lipinski definition) is 4. The first kappa shape index (κ1) is 13.2. The SMILES string of the molecule is COc1cc2c(cc1C)SCCC(N)(C(=O)O)C2. The van der Waals surface area contributed by atoms with Crippen LogP contribution in [0.15, 0.2) is 17.0 Å². The lowest BCUT2D eigenvalue weighted by Gasteiger charge is -2.22. The second kappa shape index (κ2) is 4.82. The van der Waals surface area contributed by atoms with E-state index in [9.17, 15) is 9.90 Å². The van der Waals surface area contributed by atoms with Crippen LogP contribution < -0.4 is 10.5 Å². The summed E-state index contributed by atoms with van der Waals surface area (Å²) in [6.07, 6.45) is 0.824. The first-order valence-corrected chi connectivity index (χ1v) is 6.77. The van der Waals surface area contributed by atoms with Gasteiger partial charge < -0.3 is 15.6 Å². The van der Waals surface area contributed by atoms with E-state index in [0.29, 0.717) is 12.8 Å². The van der Waals surface area contributed by atoms with Crippen LogP contribution in [-0.2, 0) is 11.2 Å². The van der Waals surface area contributed by atoms with Gasteiger partial charge in [0.15, 0.2) is 0 Å². The van der Waals surface area contributed by atoms with E-state index in [1.807, 2.05) is 19.1 Å². The van der Waals surface area contributed by atoms with E-state index in [0.717, 1.165) is 27.5 Å². The van der Waals surface area contributed by atoms with Gasteiger partial charge in [-0.3, -0.25) is 4.79 Å². The number of rotatable bonds is 2. The van der Waals surface area contributed by atoms with E-state index in [4.69, 9.17) is 10.5 Å². The molecule has 1 atom stereocenters. The van der Waals surface area contributed by atoms with Crippen molar-refractivity contribution in [1.29, 1.82) is 0 Å².